The molecule has 0 aromatic heterocycles. The molecule has 0 amide bonds. The second-order valence-electron chi connectivity index (χ2n) is 11.0. The van der Waals surface area contributed by atoms with Crippen molar-refractivity contribution in [1.29, 1.82) is 0 Å². The molecule has 10 unspecified atom stereocenters. The van der Waals surface area contributed by atoms with Gasteiger partial charge in [0.1, 0.15) is 12.7 Å². The van der Waals surface area contributed by atoms with Gasteiger partial charge in [0.15, 0.2) is 5.78 Å². The lowest BCUT2D eigenvalue weighted by atomic mass is 9.40. The Hall–Kier alpha value is -1.32. The highest BCUT2D eigenvalue weighted by atomic mass is 16.5. The lowest BCUT2D eigenvalue weighted by Crippen LogP contribution is -2.74. The van der Waals surface area contributed by atoms with Gasteiger partial charge in [-0.05, 0) is 56.4 Å². The van der Waals surface area contributed by atoms with E-state index in [2.05, 4.69) is 0 Å². The summed E-state index contributed by atoms with van der Waals surface area (Å²) >= 11 is 0. The van der Waals surface area contributed by atoms with E-state index >= 15 is 0 Å². The van der Waals surface area contributed by atoms with Gasteiger partial charge in [-0.1, -0.05) is 6.92 Å². The molecule has 0 spiro atoms. The number of ether oxygens (including phenoxy) is 1. The highest BCUT2D eigenvalue weighted by Gasteiger charge is 2.76. The van der Waals surface area contributed by atoms with Crippen LogP contribution in [0.25, 0.3) is 0 Å². The number of rotatable bonds is 1. The highest BCUT2D eigenvalue weighted by molar-refractivity contribution is 5.93. The van der Waals surface area contributed by atoms with Crippen LogP contribution in [-0.4, -0.2) is 73.4 Å². The predicted octanol–water partition coefficient (Wildman–Crippen LogP) is -0.160. The van der Waals surface area contributed by atoms with Gasteiger partial charge in [-0.15, -0.1) is 0 Å². The Kier molecular flexibility index (Phi) is 4.43. The van der Waals surface area contributed by atoms with Crippen LogP contribution in [0.4, 0.5) is 0 Å². The maximum atomic E-state index is 13.7. The van der Waals surface area contributed by atoms with Crippen molar-refractivity contribution in [3.63, 3.8) is 0 Å². The van der Waals surface area contributed by atoms with Gasteiger partial charge in [0.25, 0.3) is 0 Å². The third-order valence-corrected chi connectivity index (χ3v) is 10.0. The molecular formula is C23H32O8. The SMILES string of the molecule is CC12CC(O)C(O)CC1(O)CCC1C2C(O)C(=O)C2(C)C(C3=CC(=O)OC3)CCC12O. The molecule has 0 saturated heterocycles. The molecule has 1 heterocycles. The number of Topliss-reactive ketones (excluding diaryl/α,β-unsaturated/α-hetero) is 1. The van der Waals surface area contributed by atoms with Crippen molar-refractivity contribution in [2.75, 3.05) is 6.61 Å². The Balaban J connectivity index is 1.59. The summed E-state index contributed by atoms with van der Waals surface area (Å²) in [6, 6.07) is 0. The number of carbonyl (C=O) groups excluding carboxylic acids is 2. The van der Waals surface area contributed by atoms with Crippen molar-refractivity contribution in [1.82, 2.24) is 0 Å². The largest absolute Gasteiger partial charge is 0.458 e. The summed E-state index contributed by atoms with van der Waals surface area (Å²) in [6.45, 7) is 3.55. The summed E-state index contributed by atoms with van der Waals surface area (Å²) in [5.74, 6) is -2.54. The molecular weight excluding hydrogens is 404 g/mol. The normalized spacial score (nSPS) is 56.4. The Morgan fingerprint density at radius 3 is 2.32 bits per heavy atom. The van der Waals surface area contributed by atoms with E-state index in [9.17, 15) is 35.1 Å². The summed E-state index contributed by atoms with van der Waals surface area (Å²) in [6.07, 6.45) is -0.599. The molecule has 1 aliphatic heterocycles. The van der Waals surface area contributed by atoms with Crippen LogP contribution in [0.15, 0.2) is 11.6 Å². The first kappa shape index (κ1) is 21.5. The van der Waals surface area contributed by atoms with E-state index in [1.807, 2.05) is 0 Å². The van der Waals surface area contributed by atoms with Crippen LogP contribution in [0.3, 0.4) is 0 Å². The molecule has 0 bridgehead atoms. The molecule has 8 heteroatoms. The van der Waals surface area contributed by atoms with E-state index in [1.165, 1.54) is 6.08 Å². The fraction of sp³-hybridized carbons (Fsp3) is 0.826. The zero-order valence-electron chi connectivity index (χ0n) is 18.0. The molecule has 5 aliphatic rings. The number of carbonyl (C=O) groups is 2. The van der Waals surface area contributed by atoms with Crippen molar-refractivity contribution in [3.8, 4) is 0 Å². The third kappa shape index (κ3) is 2.43. The van der Waals surface area contributed by atoms with Crippen molar-refractivity contribution < 1.29 is 39.9 Å². The number of esters is 1. The Bertz CT molecular complexity index is 870. The van der Waals surface area contributed by atoms with Crippen LogP contribution in [0, 0.1) is 28.6 Å². The number of ketones is 1. The van der Waals surface area contributed by atoms with Gasteiger partial charge in [-0.25, -0.2) is 4.79 Å². The fourth-order valence-corrected chi connectivity index (χ4v) is 8.22. The Morgan fingerprint density at radius 2 is 1.68 bits per heavy atom. The number of aliphatic hydroxyl groups excluding tert-OH is 3. The minimum atomic E-state index is -1.42. The van der Waals surface area contributed by atoms with Crippen molar-refractivity contribution >= 4 is 11.8 Å². The van der Waals surface area contributed by atoms with Crippen LogP contribution in [0.5, 0.6) is 0 Å². The average molecular weight is 437 g/mol. The molecule has 172 valence electrons. The second-order valence-corrected chi connectivity index (χ2v) is 11.0. The van der Waals surface area contributed by atoms with Gasteiger partial charge >= 0.3 is 5.97 Å². The number of hydrogen-bond acceptors (Lipinski definition) is 8. The average Bonchev–Trinajstić information content (AvgIpc) is 3.23. The fourth-order valence-electron chi connectivity index (χ4n) is 8.22. The molecule has 5 N–H and O–H groups in total. The minimum absolute atomic E-state index is 0.0283. The highest BCUT2D eigenvalue weighted by Crippen LogP contribution is 2.69. The van der Waals surface area contributed by atoms with Crippen LogP contribution in [-0.2, 0) is 14.3 Å². The summed E-state index contributed by atoms with van der Waals surface area (Å²) in [7, 11) is 0. The molecule has 4 aliphatic carbocycles. The second kappa shape index (κ2) is 6.38. The van der Waals surface area contributed by atoms with Gasteiger partial charge in [0.05, 0.1) is 28.8 Å². The quantitative estimate of drug-likeness (QED) is 0.357. The molecule has 0 radical (unpaired) electrons. The van der Waals surface area contributed by atoms with E-state index in [1.54, 1.807) is 13.8 Å². The standard InChI is InChI=1S/C23H32O8/c1-20-8-14(24)15(25)9-22(20,29)5-3-13-17(20)18(27)19(28)21(2)12(4-6-23(13,21)30)11-7-16(26)31-10-11/h7,12-15,17-18,24-25,27,29-30H,3-6,8-10H2,1-2H3. The first-order chi connectivity index (χ1) is 14.4. The summed E-state index contributed by atoms with van der Waals surface area (Å²) in [5, 5.41) is 55.5. The topological polar surface area (TPSA) is 145 Å². The molecule has 31 heavy (non-hydrogen) atoms. The smallest absolute Gasteiger partial charge is 0.331 e. The van der Waals surface area contributed by atoms with Gasteiger partial charge in [-0.3, -0.25) is 4.79 Å². The molecule has 4 fully saturated rings. The maximum absolute atomic E-state index is 13.7. The van der Waals surface area contributed by atoms with Crippen LogP contribution in [0.2, 0.25) is 0 Å². The van der Waals surface area contributed by atoms with Crippen LogP contribution >= 0.6 is 0 Å². The zero-order chi connectivity index (χ0) is 22.6. The van der Waals surface area contributed by atoms with E-state index in [0.29, 0.717) is 31.3 Å². The van der Waals surface area contributed by atoms with E-state index in [0.717, 1.165) is 0 Å². The molecule has 10 atom stereocenters. The van der Waals surface area contributed by atoms with Gasteiger partial charge in [0.2, 0.25) is 0 Å². The maximum Gasteiger partial charge on any atom is 0.331 e. The molecule has 8 nitrogen and oxygen atoms in total. The van der Waals surface area contributed by atoms with Crippen molar-refractivity contribution in [2.45, 2.75) is 81.9 Å². The lowest BCUT2D eigenvalue weighted by Gasteiger charge is -2.66. The zero-order valence-corrected chi connectivity index (χ0v) is 18.0. The lowest BCUT2D eigenvalue weighted by molar-refractivity contribution is -0.277. The first-order valence-electron chi connectivity index (χ1n) is 11.3. The Morgan fingerprint density at radius 1 is 1.00 bits per heavy atom. The molecule has 5 rings (SSSR count). The third-order valence-electron chi connectivity index (χ3n) is 10.0. The number of cyclic esters (lactones) is 1. The summed E-state index contributed by atoms with van der Waals surface area (Å²) in [4.78, 5) is 25.4. The van der Waals surface area contributed by atoms with Gasteiger partial charge in [0, 0.05) is 23.8 Å². The summed E-state index contributed by atoms with van der Waals surface area (Å²) in [5.41, 5.74) is -4.38. The molecule has 0 aromatic rings. The predicted molar refractivity (Wildman–Crippen MR) is 106 cm³/mol. The van der Waals surface area contributed by atoms with E-state index < -0.39 is 69.9 Å². The minimum Gasteiger partial charge on any atom is -0.458 e. The first-order valence-corrected chi connectivity index (χ1v) is 11.3. The van der Waals surface area contributed by atoms with Gasteiger partial charge < -0.3 is 30.3 Å². The van der Waals surface area contributed by atoms with Crippen LogP contribution < -0.4 is 0 Å². The monoisotopic (exact) mass is 436 g/mol. The molecule has 4 saturated carbocycles. The molecule has 0 aromatic carbocycles. The Labute approximate surface area is 180 Å². The summed E-state index contributed by atoms with van der Waals surface area (Å²) < 4.78 is 5.05. The van der Waals surface area contributed by atoms with E-state index in [4.69, 9.17) is 4.74 Å². The van der Waals surface area contributed by atoms with Gasteiger partial charge in [-0.2, -0.15) is 0 Å². The number of hydrogen-bond donors (Lipinski definition) is 5. The van der Waals surface area contributed by atoms with Crippen molar-refractivity contribution in [3.05, 3.63) is 11.6 Å². The number of aliphatic hydroxyl groups is 5. The van der Waals surface area contributed by atoms with Crippen LogP contribution in [0.1, 0.15) is 52.4 Å². The number of fused-ring (bicyclic) bond motifs is 5. The van der Waals surface area contributed by atoms with Crippen molar-refractivity contribution in [2.24, 2.45) is 28.6 Å². The van der Waals surface area contributed by atoms with E-state index in [-0.39, 0.29) is 19.4 Å².